The van der Waals surface area contributed by atoms with Crippen LogP contribution in [0, 0.1) is 0 Å². The van der Waals surface area contributed by atoms with Crippen molar-refractivity contribution in [3.05, 3.63) is 65.0 Å². The van der Waals surface area contributed by atoms with Crippen LogP contribution in [0.1, 0.15) is 0 Å². The third-order valence-corrected chi connectivity index (χ3v) is 3.56. The molecular weight excluding hydrogens is 278 g/mol. The molecule has 0 amide bonds. The van der Waals surface area contributed by atoms with Gasteiger partial charge in [-0.1, -0.05) is 36.4 Å². The van der Waals surface area contributed by atoms with Crippen LogP contribution in [0.5, 0.6) is 0 Å². The quantitative estimate of drug-likeness (QED) is 0.593. The maximum absolute atomic E-state index is 12.2. The van der Waals surface area contributed by atoms with Crippen LogP contribution < -0.4 is 5.56 Å². The van der Waals surface area contributed by atoms with E-state index in [9.17, 15) is 4.79 Å². The van der Waals surface area contributed by atoms with Gasteiger partial charge >= 0.3 is 0 Å². The molecule has 22 heavy (non-hydrogen) atoms. The number of fused-ring (bicyclic) bond motifs is 1. The standard InChI is InChI=1S/C16H11N5O/c22-16-13(15-18-20-21-19-15)7-8-14(17-16)12-6-5-10-3-1-2-4-11(10)9-12/h1-9H,(H,17,22)(H,18,19,20,21). The van der Waals surface area contributed by atoms with Crippen molar-refractivity contribution in [1.82, 2.24) is 25.6 Å². The van der Waals surface area contributed by atoms with E-state index in [0.29, 0.717) is 5.56 Å². The van der Waals surface area contributed by atoms with E-state index in [1.807, 2.05) is 36.4 Å². The number of tetrazole rings is 1. The zero-order chi connectivity index (χ0) is 14.9. The van der Waals surface area contributed by atoms with Crippen molar-refractivity contribution in [1.29, 1.82) is 0 Å². The Labute approximate surface area is 124 Å². The Kier molecular flexibility index (Phi) is 2.79. The highest BCUT2D eigenvalue weighted by Gasteiger charge is 2.09. The van der Waals surface area contributed by atoms with E-state index in [-0.39, 0.29) is 11.4 Å². The smallest absolute Gasteiger partial charge is 0.259 e. The van der Waals surface area contributed by atoms with Crippen molar-refractivity contribution in [3.8, 4) is 22.6 Å². The highest BCUT2D eigenvalue weighted by atomic mass is 16.1. The summed E-state index contributed by atoms with van der Waals surface area (Å²) in [4.78, 5) is 15.1. The topological polar surface area (TPSA) is 87.3 Å². The Morgan fingerprint density at radius 3 is 2.55 bits per heavy atom. The van der Waals surface area contributed by atoms with Gasteiger partial charge in [0.2, 0.25) is 5.82 Å². The summed E-state index contributed by atoms with van der Waals surface area (Å²) in [5, 5.41) is 15.7. The lowest BCUT2D eigenvalue weighted by molar-refractivity contribution is 0.881. The first-order chi connectivity index (χ1) is 10.8. The van der Waals surface area contributed by atoms with E-state index >= 15 is 0 Å². The third-order valence-electron chi connectivity index (χ3n) is 3.56. The number of nitrogens with zero attached hydrogens (tertiary/aromatic N) is 3. The second kappa shape index (κ2) is 4.92. The van der Waals surface area contributed by atoms with Crippen LogP contribution >= 0.6 is 0 Å². The summed E-state index contributed by atoms with van der Waals surface area (Å²) >= 11 is 0. The Hall–Kier alpha value is -3.28. The minimum Gasteiger partial charge on any atom is -0.321 e. The van der Waals surface area contributed by atoms with Crippen molar-refractivity contribution in [2.24, 2.45) is 0 Å². The predicted molar refractivity (Wildman–Crippen MR) is 83.2 cm³/mol. The Morgan fingerprint density at radius 2 is 1.77 bits per heavy atom. The lowest BCUT2D eigenvalue weighted by atomic mass is 10.0. The highest BCUT2D eigenvalue weighted by Crippen LogP contribution is 2.23. The van der Waals surface area contributed by atoms with E-state index in [4.69, 9.17) is 0 Å². The van der Waals surface area contributed by atoms with Crippen molar-refractivity contribution in [3.63, 3.8) is 0 Å². The first-order valence-electron chi connectivity index (χ1n) is 6.77. The number of benzene rings is 2. The van der Waals surface area contributed by atoms with Gasteiger partial charge in [0.1, 0.15) is 0 Å². The molecule has 0 saturated carbocycles. The summed E-state index contributed by atoms with van der Waals surface area (Å²) in [5.74, 6) is 0.284. The monoisotopic (exact) mass is 289 g/mol. The molecule has 0 saturated heterocycles. The van der Waals surface area contributed by atoms with Crippen molar-refractivity contribution in [2.45, 2.75) is 0 Å². The first kappa shape index (κ1) is 12.5. The van der Waals surface area contributed by atoms with E-state index < -0.39 is 0 Å². The molecule has 0 bridgehead atoms. The Balaban J connectivity index is 1.82. The van der Waals surface area contributed by atoms with Gasteiger partial charge in [-0.15, -0.1) is 10.2 Å². The fourth-order valence-electron chi connectivity index (χ4n) is 2.45. The molecule has 0 aliphatic rings. The molecule has 2 aromatic heterocycles. The molecular formula is C16H11N5O. The van der Waals surface area contributed by atoms with Gasteiger partial charge in [-0.25, -0.2) is 0 Å². The average Bonchev–Trinajstić information content (AvgIpc) is 3.08. The second-order valence-corrected chi connectivity index (χ2v) is 4.91. The zero-order valence-corrected chi connectivity index (χ0v) is 11.4. The third kappa shape index (κ3) is 2.07. The Bertz CT molecular complexity index is 1000. The normalized spacial score (nSPS) is 10.9. The molecule has 2 N–H and O–H groups in total. The van der Waals surface area contributed by atoms with E-state index in [1.54, 1.807) is 6.07 Å². The van der Waals surface area contributed by atoms with Crippen LogP contribution in [0.15, 0.2) is 59.4 Å². The number of H-pyrrole nitrogens is 2. The minimum atomic E-state index is -0.243. The van der Waals surface area contributed by atoms with Crippen LogP contribution in [-0.2, 0) is 0 Å². The number of hydrogen-bond donors (Lipinski definition) is 2. The summed E-state index contributed by atoms with van der Waals surface area (Å²) in [5.41, 5.74) is 1.85. The van der Waals surface area contributed by atoms with Crippen LogP contribution in [0.4, 0.5) is 0 Å². The summed E-state index contributed by atoms with van der Waals surface area (Å²) < 4.78 is 0. The van der Waals surface area contributed by atoms with Crippen LogP contribution in [-0.4, -0.2) is 25.6 Å². The van der Waals surface area contributed by atoms with Gasteiger partial charge in [0, 0.05) is 5.69 Å². The van der Waals surface area contributed by atoms with E-state index in [0.717, 1.165) is 22.0 Å². The van der Waals surface area contributed by atoms with Crippen molar-refractivity contribution < 1.29 is 0 Å². The lowest BCUT2D eigenvalue weighted by Gasteiger charge is -2.04. The van der Waals surface area contributed by atoms with Crippen LogP contribution in [0.25, 0.3) is 33.4 Å². The zero-order valence-electron chi connectivity index (χ0n) is 11.4. The first-order valence-corrected chi connectivity index (χ1v) is 6.77. The van der Waals surface area contributed by atoms with Crippen molar-refractivity contribution in [2.75, 3.05) is 0 Å². The van der Waals surface area contributed by atoms with Gasteiger partial charge in [-0.05, 0) is 39.7 Å². The molecule has 4 rings (SSSR count). The molecule has 0 aliphatic heterocycles. The minimum absolute atomic E-state index is 0.243. The van der Waals surface area contributed by atoms with Gasteiger partial charge in [0.25, 0.3) is 5.56 Å². The molecule has 0 aliphatic carbocycles. The Morgan fingerprint density at radius 1 is 0.909 bits per heavy atom. The largest absolute Gasteiger partial charge is 0.321 e. The van der Waals surface area contributed by atoms with Crippen LogP contribution in [0.3, 0.4) is 0 Å². The number of hydrogen-bond acceptors (Lipinski definition) is 4. The highest BCUT2D eigenvalue weighted by molar-refractivity contribution is 5.86. The molecule has 0 atom stereocenters. The number of rotatable bonds is 2. The molecule has 2 aromatic carbocycles. The van der Waals surface area contributed by atoms with Gasteiger partial charge in [-0.2, -0.15) is 5.21 Å². The van der Waals surface area contributed by atoms with E-state index in [2.05, 4.69) is 37.7 Å². The average molecular weight is 289 g/mol. The maximum Gasteiger partial charge on any atom is 0.259 e. The molecule has 2 heterocycles. The lowest BCUT2D eigenvalue weighted by Crippen LogP contribution is -2.10. The van der Waals surface area contributed by atoms with Gasteiger partial charge in [0.05, 0.1) is 5.56 Å². The molecule has 0 unspecified atom stereocenters. The van der Waals surface area contributed by atoms with Gasteiger partial charge in [0.15, 0.2) is 0 Å². The second-order valence-electron chi connectivity index (χ2n) is 4.91. The maximum atomic E-state index is 12.2. The summed E-state index contributed by atoms with van der Waals surface area (Å²) in [6, 6.07) is 17.7. The fraction of sp³-hybridized carbons (Fsp3) is 0. The van der Waals surface area contributed by atoms with Crippen LogP contribution in [0.2, 0.25) is 0 Å². The number of nitrogens with one attached hydrogen (secondary N) is 2. The number of aromatic nitrogens is 5. The SMILES string of the molecule is O=c1[nH]c(-c2ccc3ccccc3c2)ccc1-c1nn[nH]n1. The van der Waals surface area contributed by atoms with Gasteiger partial charge in [-0.3, -0.25) is 4.79 Å². The van der Waals surface area contributed by atoms with E-state index in [1.165, 1.54) is 0 Å². The molecule has 106 valence electrons. The summed E-state index contributed by atoms with van der Waals surface area (Å²) in [6.45, 7) is 0. The molecule has 0 spiro atoms. The molecule has 0 fully saturated rings. The number of pyridine rings is 1. The molecule has 0 radical (unpaired) electrons. The predicted octanol–water partition coefficient (Wildman–Crippen LogP) is 2.38. The summed E-state index contributed by atoms with van der Waals surface area (Å²) in [7, 11) is 0. The number of aromatic amines is 2. The summed E-state index contributed by atoms with van der Waals surface area (Å²) in [6.07, 6.45) is 0. The van der Waals surface area contributed by atoms with Crippen molar-refractivity contribution >= 4 is 10.8 Å². The molecule has 6 heteroatoms. The molecule has 4 aromatic rings. The van der Waals surface area contributed by atoms with Gasteiger partial charge < -0.3 is 4.98 Å². The molecule has 6 nitrogen and oxygen atoms in total. The fourth-order valence-corrected chi connectivity index (χ4v) is 2.45.